The first kappa shape index (κ1) is 18.9. The summed E-state index contributed by atoms with van der Waals surface area (Å²) >= 11 is 13.5. The number of aliphatic carboxylic acids is 1. The van der Waals surface area contributed by atoms with Crippen LogP contribution in [0.1, 0.15) is 11.4 Å². The molecule has 0 saturated heterocycles. The number of fused-ring (bicyclic) bond motifs is 2. The van der Waals surface area contributed by atoms with Crippen LogP contribution in [0.25, 0.3) is 10.2 Å². The Bertz CT molecular complexity index is 1120. The normalized spacial score (nSPS) is 16.2. The maximum Gasteiger partial charge on any atom is 0.307 e. The molecule has 0 bridgehead atoms. The van der Waals surface area contributed by atoms with Gasteiger partial charge in [-0.1, -0.05) is 23.2 Å². The first-order valence-corrected chi connectivity index (χ1v) is 9.63. The molecule has 28 heavy (non-hydrogen) atoms. The van der Waals surface area contributed by atoms with E-state index in [-0.39, 0.29) is 12.3 Å². The molecule has 10 heteroatoms. The number of carbonyl (C=O) groups is 2. The molecule has 0 radical (unpaired) electrons. The molecule has 0 saturated carbocycles. The van der Waals surface area contributed by atoms with Crippen molar-refractivity contribution in [2.75, 3.05) is 4.90 Å². The second-order valence-electron chi connectivity index (χ2n) is 6.06. The van der Waals surface area contributed by atoms with Crippen molar-refractivity contribution in [1.29, 1.82) is 0 Å². The fourth-order valence-electron chi connectivity index (χ4n) is 2.94. The van der Waals surface area contributed by atoms with Crippen LogP contribution in [0.5, 0.6) is 5.75 Å². The van der Waals surface area contributed by atoms with Crippen LogP contribution in [-0.2, 0) is 16.1 Å². The monoisotopic (exact) mass is 440 g/mol. The number of hydrogen-bond donors (Lipinski definition) is 1. The molecular formula is C18H11Cl2FN2O4S. The van der Waals surface area contributed by atoms with E-state index in [1.54, 1.807) is 12.1 Å². The van der Waals surface area contributed by atoms with Gasteiger partial charge in [-0.2, -0.15) is 0 Å². The molecule has 0 spiro atoms. The van der Waals surface area contributed by atoms with Gasteiger partial charge < -0.3 is 9.84 Å². The molecule has 2 heterocycles. The molecular weight excluding hydrogens is 430 g/mol. The van der Waals surface area contributed by atoms with Gasteiger partial charge in [0, 0.05) is 6.07 Å². The molecule has 1 N–H and O–H groups in total. The zero-order valence-corrected chi connectivity index (χ0v) is 16.3. The van der Waals surface area contributed by atoms with Gasteiger partial charge in [-0.15, -0.1) is 11.3 Å². The lowest BCUT2D eigenvalue weighted by molar-refractivity contribution is -0.142. The molecule has 1 aliphatic heterocycles. The molecule has 1 aromatic heterocycles. The number of hydrogen-bond acceptors (Lipinski definition) is 5. The third kappa shape index (κ3) is 3.39. The quantitative estimate of drug-likeness (QED) is 0.645. The fraction of sp³-hybridized carbons (Fsp3) is 0.167. The summed E-state index contributed by atoms with van der Waals surface area (Å²) in [5, 5.41) is 10.4. The maximum absolute atomic E-state index is 13.6. The fourth-order valence-corrected chi connectivity index (χ4v) is 4.42. The van der Waals surface area contributed by atoms with E-state index in [0.29, 0.717) is 31.0 Å². The molecule has 144 valence electrons. The second-order valence-corrected chi connectivity index (χ2v) is 7.93. The smallest absolute Gasteiger partial charge is 0.307 e. The highest BCUT2D eigenvalue weighted by Crippen LogP contribution is 2.39. The van der Waals surface area contributed by atoms with Gasteiger partial charge in [0.25, 0.3) is 5.91 Å². The van der Waals surface area contributed by atoms with E-state index in [0.717, 1.165) is 6.07 Å². The number of carbonyl (C=O) groups excluding carboxylic acids is 1. The van der Waals surface area contributed by atoms with Gasteiger partial charge in [0.05, 0.1) is 38.9 Å². The summed E-state index contributed by atoms with van der Waals surface area (Å²) in [7, 11) is 0. The lowest BCUT2D eigenvalue weighted by Gasteiger charge is -2.33. The van der Waals surface area contributed by atoms with Gasteiger partial charge in [0.2, 0.25) is 0 Å². The summed E-state index contributed by atoms with van der Waals surface area (Å²) in [4.78, 5) is 29.7. The van der Waals surface area contributed by atoms with E-state index in [2.05, 4.69) is 4.98 Å². The summed E-state index contributed by atoms with van der Waals surface area (Å²) in [6.45, 7) is 0.0598. The van der Waals surface area contributed by atoms with Crippen LogP contribution < -0.4 is 9.64 Å². The third-order valence-corrected chi connectivity index (χ3v) is 6.16. The Morgan fingerprint density at radius 2 is 2.11 bits per heavy atom. The average molecular weight is 441 g/mol. The van der Waals surface area contributed by atoms with Crippen molar-refractivity contribution in [1.82, 2.24) is 4.98 Å². The number of thiazole rings is 1. The lowest BCUT2D eigenvalue weighted by Crippen LogP contribution is -2.46. The first-order valence-electron chi connectivity index (χ1n) is 8.06. The number of nitrogens with zero attached hydrogens (tertiary/aromatic N) is 2. The molecule has 1 aliphatic rings. The molecule has 1 amide bonds. The highest BCUT2D eigenvalue weighted by atomic mass is 35.5. The molecule has 0 aliphatic carbocycles. The summed E-state index contributed by atoms with van der Waals surface area (Å²) in [6, 6.07) is 7.10. The van der Waals surface area contributed by atoms with Gasteiger partial charge >= 0.3 is 5.97 Å². The van der Waals surface area contributed by atoms with Gasteiger partial charge in [-0.05, 0) is 24.3 Å². The van der Waals surface area contributed by atoms with Gasteiger partial charge in [0.15, 0.2) is 6.10 Å². The number of carboxylic acids is 1. The number of ether oxygens (including phenoxy) is 1. The largest absolute Gasteiger partial charge is 0.481 e. The van der Waals surface area contributed by atoms with Crippen LogP contribution in [0.4, 0.5) is 10.1 Å². The van der Waals surface area contributed by atoms with E-state index in [9.17, 15) is 14.0 Å². The van der Waals surface area contributed by atoms with Crippen molar-refractivity contribution in [3.05, 3.63) is 51.2 Å². The molecule has 6 nitrogen and oxygen atoms in total. The number of carboxylic acid groups (broad SMARTS) is 1. The van der Waals surface area contributed by atoms with E-state index >= 15 is 0 Å². The van der Waals surface area contributed by atoms with Crippen molar-refractivity contribution >= 4 is 62.3 Å². The van der Waals surface area contributed by atoms with Gasteiger partial charge in [-0.25, -0.2) is 9.37 Å². The zero-order chi connectivity index (χ0) is 20.0. The van der Waals surface area contributed by atoms with E-state index < -0.39 is 30.2 Å². The summed E-state index contributed by atoms with van der Waals surface area (Å²) in [5.41, 5.74) is 0.980. The predicted molar refractivity (Wildman–Crippen MR) is 104 cm³/mol. The topological polar surface area (TPSA) is 79.7 Å². The molecule has 4 rings (SSSR count). The Kier molecular flexibility index (Phi) is 4.86. The molecule has 1 atom stereocenters. The Morgan fingerprint density at radius 1 is 1.32 bits per heavy atom. The average Bonchev–Trinajstić information content (AvgIpc) is 3.05. The van der Waals surface area contributed by atoms with Crippen LogP contribution in [0.3, 0.4) is 0 Å². The van der Waals surface area contributed by atoms with Crippen molar-refractivity contribution in [2.24, 2.45) is 0 Å². The highest BCUT2D eigenvalue weighted by Gasteiger charge is 2.36. The standard InChI is InChI=1S/C18H11Cl2FN2O4S/c19-9-2-3-10-17(16(9)20)28-14(22-10)7-23-11-4-1-8(21)5-12(11)27-13(18(23)26)6-15(24)25/h1-5,13H,6-7H2,(H,24,25). The van der Waals surface area contributed by atoms with Crippen molar-refractivity contribution in [3.8, 4) is 5.75 Å². The highest BCUT2D eigenvalue weighted by molar-refractivity contribution is 7.19. The Labute approximate surface area is 172 Å². The Hall–Kier alpha value is -2.42. The number of anilines is 1. The SMILES string of the molecule is O=C(O)CC1Oc2cc(F)ccc2N(Cc2nc3ccc(Cl)c(Cl)c3s2)C1=O. The second kappa shape index (κ2) is 7.20. The molecule has 1 unspecified atom stereocenters. The minimum Gasteiger partial charge on any atom is -0.481 e. The minimum atomic E-state index is -1.25. The van der Waals surface area contributed by atoms with E-state index in [1.807, 2.05) is 0 Å². The molecule has 3 aromatic rings. The first-order chi connectivity index (χ1) is 13.3. The van der Waals surface area contributed by atoms with Crippen molar-refractivity contribution in [2.45, 2.75) is 19.1 Å². The van der Waals surface area contributed by atoms with Crippen LogP contribution in [-0.4, -0.2) is 28.1 Å². The summed E-state index contributed by atoms with van der Waals surface area (Å²) < 4.78 is 19.7. The number of halogens is 3. The number of aromatic nitrogens is 1. The van der Waals surface area contributed by atoms with Crippen LogP contribution in [0, 0.1) is 5.82 Å². The number of benzene rings is 2. The molecule has 0 fully saturated rings. The zero-order valence-electron chi connectivity index (χ0n) is 14.0. The van der Waals surface area contributed by atoms with Crippen LogP contribution >= 0.6 is 34.5 Å². The van der Waals surface area contributed by atoms with Crippen molar-refractivity contribution in [3.63, 3.8) is 0 Å². The van der Waals surface area contributed by atoms with Crippen LogP contribution in [0.15, 0.2) is 30.3 Å². The van der Waals surface area contributed by atoms with Crippen molar-refractivity contribution < 1.29 is 23.8 Å². The Morgan fingerprint density at radius 3 is 2.86 bits per heavy atom. The summed E-state index contributed by atoms with van der Waals surface area (Å²) in [6.07, 6.45) is -1.79. The minimum absolute atomic E-state index is 0.0598. The lowest BCUT2D eigenvalue weighted by atomic mass is 10.1. The van der Waals surface area contributed by atoms with Gasteiger partial charge in [-0.3, -0.25) is 14.5 Å². The number of rotatable bonds is 4. The number of amides is 1. The third-order valence-electron chi connectivity index (χ3n) is 4.17. The van der Waals surface area contributed by atoms with Crippen LogP contribution in [0.2, 0.25) is 10.0 Å². The maximum atomic E-state index is 13.6. The van der Waals surface area contributed by atoms with E-state index in [4.69, 9.17) is 33.0 Å². The van der Waals surface area contributed by atoms with E-state index in [1.165, 1.54) is 28.4 Å². The molecule has 2 aromatic carbocycles. The van der Waals surface area contributed by atoms with Gasteiger partial charge in [0.1, 0.15) is 16.6 Å². The Balaban J connectivity index is 1.74. The predicted octanol–water partition coefficient (Wildman–Crippen LogP) is 4.51. The summed E-state index contributed by atoms with van der Waals surface area (Å²) in [5.74, 6) is -2.18.